The molecule has 0 spiro atoms. The number of nitrogens with one attached hydrogen (secondary N) is 3. The van der Waals surface area contributed by atoms with Gasteiger partial charge in [-0.15, -0.1) is 0 Å². The monoisotopic (exact) mass is 479 g/mol. The van der Waals surface area contributed by atoms with Crippen LogP contribution in [0.5, 0.6) is 0 Å². The van der Waals surface area contributed by atoms with Gasteiger partial charge in [-0.1, -0.05) is 0 Å². The lowest BCUT2D eigenvalue weighted by molar-refractivity contribution is -0.147. The maximum atomic E-state index is 12.6. The van der Waals surface area contributed by atoms with E-state index < -0.39 is 91.4 Å². The maximum Gasteiger partial charge on any atom is 0.326 e. The molecule has 4 atom stereocenters. The van der Waals surface area contributed by atoms with E-state index in [-0.39, 0.29) is 5.75 Å². The lowest BCUT2D eigenvalue weighted by Gasteiger charge is -2.24. The largest absolute Gasteiger partial charge is 0.481 e. The van der Waals surface area contributed by atoms with Gasteiger partial charge in [-0.25, -0.2) is 4.79 Å². The molecule has 0 rings (SSSR count). The molecule has 0 bridgehead atoms. The topological polar surface area (TPSA) is 268 Å². The van der Waals surface area contributed by atoms with Crippen LogP contribution in [0.25, 0.3) is 0 Å². The van der Waals surface area contributed by atoms with Gasteiger partial charge in [0.2, 0.25) is 23.6 Å². The van der Waals surface area contributed by atoms with E-state index in [1.165, 1.54) is 0 Å². The molecule has 0 aliphatic rings. The SMILES string of the molecule is NC(=O)CC(NC(=O)C(CCC(=O)O)NC(=O)C(N)CS)C(=O)NC(CC(=O)O)C(=O)O. The summed E-state index contributed by atoms with van der Waals surface area (Å²) in [6, 6.07) is -6.22. The van der Waals surface area contributed by atoms with Gasteiger partial charge in [0.1, 0.15) is 18.1 Å². The van der Waals surface area contributed by atoms with E-state index >= 15 is 0 Å². The number of carboxylic acids is 3. The summed E-state index contributed by atoms with van der Waals surface area (Å²) in [5, 5.41) is 32.7. The second-order valence-electron chi connectivity index (χ2n) is 6.51. The molecule has 0 saturated carbocycles. The first-order valence-electron chi connectivity index (χ1n) is 9.00. The maximum absolute atomic E-state index is 12.6. The molecule has 16 heteroatoms. The number of nitrogens with two attached hydrogens (primary N) is 2. The van der Waals surface area contributed by atoms with E-state index in [1.54, 1.807) is 0 Å². The minimum absolute atomic E-state index is 0.0913. The molecule has 0 radical (unpaired) electrons. The van der Waals surface area contributed by atoms with Crippen LogP contribution < -0.4 is 27.4 Å². The minimum Gasteiger partial charge on any atom is -0.481 e. The Morgan fingerprint density at radius 1 is 0.750 bits per heavy atom. The molecule has 0 fully saturated rings. The molecular formula is C16H25N5O10S. The van der Waals surface area contributed by atoms with E-state index in [0.717, 1.165) is 0 Å². The smallest absolute Gasteiger partial charge is 0.326 e. The molecule has 32 heavy (non-hydrogen) atoms. The summed E-state index contributed by atoms with van der Waals surface area (Å²) in [5.74, 6) is -8.83. The average Bonchev–Trinajstić information content (AvgIpc) is 2.67. The number of thiol groups is 1. The van der Waals surface area contributed by atoms with Crippen molar-refractivity contribution in [2.24, 2.45) is 11.5 Å². The van der Waals surface area contributed by atoms with Crippen molar-refractivity contribution in [2.45, 2.75) is 49.9 Å². The van der Waals surface area contributed by atoms with Gasteiger partial charge in [-0.3, -0.25) is 28.8 Å². The fraction of sp³-hybridized carbons (Fsp3) is 0.562. The Bertz CT molecular complexity index is 761. The standard InChI is InChI=1S/C16H25N5O10S/c17-6(5-32)13(27)19-7(1-2-11(23)24)14(28)20-8(3-10(18)22)15(29)21-9(16(30)31)4-12(25)26/h6-9,32H,1-5,17H2,(H2,18,22)(H,19,27)(H,20,28)(H,21,29)(H,23,24)(H,25,26)(H,30,31). The minimum atomic E-state index is -1.87. The molecular weight excluding hydrogens is 454 g/mol. The van der Waals surface area contributed by atoms with E-state index in [0.29, 0.717) is 0 Å². The highest BCUT2D eigenvalue weighted by molar-refractivity contribution is 7.80. The zero-order valence-electron chi connectivity index (χ0n) is 16.6. The highest BCUT2D eigenvalue weighted by atomic mass is 32.1. The average molecular weight is 479 g/mol. The third-order valence-electron chi connectivity index (χ3n) is 3.84. The van der Waals surface area contributed by atoms with Crippen LogP contribution in [0.4, 0.5) is 0 Å². The van der Waals surface area contributed by atoms with Gasteiger partial charge in [-0.05, 0) is 6.42 Å². The van der Waals surface area contributed by atoms with Gasteiger partial charge in [0.25, 0.3) is 0 Å². The summed E-state index contributed by atoms with van der Waals surface area (Å²) in [6.45, 7) is 0. The van der Waals surface area contributed by atoms with Crippen molar-refractivity contribution in [3.05, 3.63) is 0 Å². The summed E-state index contributed by atoms with van der Waals surface area (Å²) >= 11 is 3.83. The summed E-state index contributed by atoms with van der Waals surface area (Å²) in [4.78, 5) is 80.9. The summed E-state index contributed by atoms with van der Waals surface area (Å²) in [7, 11) is 0. The van der Waals surface area contributed by atoms with Crippen molar-refractivity contribution >= 4 is 54.2 Å². The summed E-state index contributed by atoms with van der Waals surface area (Å²) < 4.78 is 0. The molecule has 0 aromatic carbocycles. The number of hydrogen-bond donors (Lipinski definition) is 9. The number of primary amides is 1. The number of carbonyl (C=O) groups is 7. The number of rotatable bonds is 15. The van der Waals surface area contributed by atoms with Crippen LogP contribution in [0.2, 0.25) is 0 Å². The highest BCUT2D eigenvalue weighted by Gasteiger charge is 2.32. The Hall–Kier alpha value is -3.40. The van der Waals surface area contributed by atoms with E-state index in [9.17, 15) is 33.6 Å². The third kappa shape index (κ3) is 11.1. The van der Waals surface area contributed by atoms with Gasteiger partial charge >= 0.3 is 17.9 Å². The van der Waals surface area contributed by atoms with Gasteiger partial charge in [0, 0.05) is 12.2 Å². The first-order chi connectivity index (χ1) is 14.8. The van der Waals surface area contributed by atoms with Gasteiger partial charge in [0.05, 0.1) is 18.9 Å². The van der Waals surface area contributed by atoms with Gasteiger partial charge in [-0.2, -0.15) is 12.6 Å². The van der Waals surface area contributed by atoms with Crippen LogP contribution in [-0.2, 0) is 33.6 Å². The van der Waals surface area contributed by atoms with Crippen LogP contribution in [0.1, 0.15) is 25.7 Å². The lowest BCUT2D eigenvalue weighted by Crippen LogP contribution is -2.58. The lowest BCUT2D eigenvalue weighted by atomic mass is 10.1. The summed E-state index contributed by atoms with van der Waals surface area (Å²) in [5.41, 5.74) is 10.5. The zero-order valence-corrected chi connectivity index (χ0v) is 17.5. The van der Waals surface area contributed by atoms with Crippen LogP contribution >= 0.6 is 12.6 Å². The van der Waals surface area contributed by atoms with Crippen molar-refractivity contribution in [2.75, 3.05) is 5.75 Å². The Morgan fingerprint density at radius 2 is 1.25 bits per heavy atom. The molecule has 0 aromatic rings. The quantitative estimate of drug-likeness (QED) is 0.102. The van der Waals surface area contributed by atoms with Crippen molar-refractivity contribution in [3.8, 4) is 0 Å². The predicted molar refractivity (Wildman–Crippen MR) is 108 cm³/mol. The number of amides is 4. The van der Waals surface area contributed by atoms with Gasteiger partial charge < -0.3 is 42.7 Å². The van der Waals surface area contributed by atoms with E-state index in [2.05, 4.69) is 23.3 Å². The number of carbonyl (C=O) groups excluding carboxylic acids is 4. The molecule has 4 amide bonds. The molecule has 10 N–H and O–H groups in total. The van der Waals surface area contributed by atoms with Crippen LogP contribution in [-0.4, -0.2) is 86.8 Å². The van der Waals surface area contributed by atoms with Crippen molar-refractivity contribution < 1.29 is 48.9 Å². The van der Waals surface area contributed by atoms with E-state index in [4.69, 9.17) is 26.8 Å². The van der Waals surface area contributed by atoms with Gasteiger partial charge in [0.15, 0.2) is 0 Å². The van der Waals surface area contributed by atoms with Crippen LogP contribution in [0.15, 0.2) is 0 Å². The van der Waals surface area contributed by atoms with Crippen molar-refractivity contribution in [1.82, 2.24) is 16.0 Å². The Balaban J connectivity index is 5.55. The molecule has 0 saturated heterocycles. The molecule has 0 aliphatic heterocycles. The highest BCUT2D eigenvalue weighted by Crippen LogP contribution is 2.03. The Labute approximate surface area is 186 Å². The molecule has 15 nitrogen and oxygen atoms in total. The molecule has 0 aliphatic carbocycles. The zero-order chi connectivity index (χ0) is 25.0. The number of aliphatic carboxylic acids is 3. The first-order valence-corrected chi connectivity index (χ1v) is 9.63. The fourth-order valence-electron chi connectivity index (χ4n) is 2.23. The summed E-state index contributed by atoms with van der Waals surface area (Å²) in [6.07, 6.45) is -2.75. The number of carboxylic acid groups (broad SMARTS) is 3. The Kier molecular flexibility index (Phi) is 12.3. The molecule has 4 unspecified atom stereocenters. The molecule has 0 aromatic heterocycles. The molecule has 180 valence electrons. The van der Waals surface area contributed by atoms with Crippen molar-refractivity contribution in [3.63, 3.8) is 0 Å². The van der Waals surface area contributed by atoms with Crippen molar-refractivity contribution in [1.29, 1.82) is 0 Å². The third-order valence-corrected chi connectivity index (χ3v) is 4.24. The normalized spacial score (nSPS) is 14.2. The van der Waals surface area contributed by atoms with E-state index in [1.807, 2.05) is 5.32 Å². The predicted octanol–water partition coefficient (Wildman–Crippen LogP) is -4.00. The van der Waals surface area contributed by atoms with Crippen LogP contribution in [0.3, 0.4) is 0 Å². The number of hydrogen-bond acceptors (Lipinski definition) is 9. The fourth-order valence-corrected chi connectivity index (χ4v) is 2.39. The second-order valence-corrected chi connectivity index (χ2v) is 6.88. The molecule has 0 heterocycles. The Morgan fingerprint density at radius 3 is 1.69 bits per heavy atom. The first kappa shape index (κ1) is 28.6. The second kappa shape index (κ2) is 13.8. The van der Waals surface area contributed by atoms with Crippen LogP contribution in [0, 0.1) is 0 Å².